The molecule has 1 aliphatic carbocycles. The van der Waals surface area contributed by atoms with Crippen LogP contribution < -0.4 is 4.43 Å². The standard InChI is InChI=1S/C23H36O3Si/c1-21(2,3)27(7,8)26-17-11-9-16-10-12-19-22(4,5)25-20(24)13-14-23(19,6)18(16)15-17/h9,11,15,19H,10,12-14H2,1-8H3/t19-,23+/m0/s1. The summed E-state index contributed by atoms with van der Waals surface area (Å²) in [6, 6.07) is 6.67. The Kier molecular flexibility index (Phi) is 4.82. The Balaban J connectivity index is 2.03. The van der Waals surface area contributed by atoms with Gasteiger partial charge in [0.15, 0.2) is 0 Å². The van der Waals surface area contributed by atoms with Gasteiger partial charge in [0.1, 0.15) is 11.4 Å². The fourth-order valence-corrected chi connectivity index (χ4v) is 5.85. The number of cyclic esters (lactones) is 1. The highest BCUT2D eigenvalue weighted by atomic mass is 28.4. The third-order valence-electron chi connectivity index (χ3n) is 7.41. The number of esters is 1. The van der Waals surface area contributed by atoms with Crippen LogP contribution in [0, 0.1) is 5.92 Å². The molecule has 0 N–H and O–H groups in total. The Morgan fingerprint density at radius 2 is 1.81 bits per heavy atom. The lowest BCUT2D eigenvalue weighted by atomic mass is 9.58. The Hall–Kier alpha value is -1.29. The fourth-order valence-electron chi connectivity index (χ4n) is 4.82. The van der Waals surface area contributed by atoms with Gasteiger partial charge >= 0.3 is 5.97 Å². The highest BCUT2D eigenvalue weighted by Crippen LogP contribution is 2.52. The van der Waals surface area contributed by atoms with Crippen LogP contribution in [0.5, 0.6) is 5.75 Å². The van der Waals surface area contributed by atoms with Crippen LogP contribution in [-0.2, 0) is 21.4 Å². The van der Waals surface area contributed by atoms with Crippen molar-refractivity contribution in [3.8, 4) is 5.75 Å². The van der Waals surface area contributed by atoms with Crippen molar-refractivity contribution in [2.24, 2.45) is 5.92 Å². The van der Waals surface area contributed by atoms with Crippen LogP contribution in [0.2, 0.25) is 18.1 Å². The number of hydrogen-bond acceptors (Lipinski definition) is 3. The van der Waals surface area contributed by atoms with E-state index < -0.39 is 13.9 Å². The summed E-state index contributed by atoms with van der Waals surface area (Å²) in [5.74, 6) is 1.24. The van der Waals surface area contributed by atoms with Crippen LogP contribution in [0.25, 0.3) is 0 Å². The minimum Gasteiger partial charge on any atom is -0.543 e. The van der Waals surface area contributed by atoms with E-state index in [0.717, 1.165) is 25.0 Å². The topological polar surface area (TPSA) is 35.5 Å². The van der Waals surface area contributed by atoms with E-state index >= 15 is 0 Å². The second kappa shape index (κ2) is 6.37. The molecule has 1 aromatic carbocycles. The van der Waals surface area contributed by atoms with E-state index in [2.05, 4.69) is 72.8 Å². The lowest BCUT2D eigenvalue weighted by Gasteiger charge is -2.48. The van der Waals surface area contributed by atoms with Gasteiger partial charge < -0.3 is 9.16 Å². The lowest BCUT2D eigenvalue weighted by Crippen LogP contribution is -2.48. The number of carbonyl (C=O) groups excluding carboxylic acids is 1. The molecule has 0 bridgehead atoms. The minimum absolute atomic E-state index is 0.0595. The summed E-state index contributed by atoms with van der Waals surface area (Å²) in [6.07, 6.45) is 3.43. The highest BCUT2D eigenvalue weighted by Gasteiger charge is 2.51. The first-order valence-corrected chi connectivity index (χ1v) is 13.2. The Bertz CT molecular complexity index is 744. The third-order valence-corrected chi connectivity index (χ3v) is 11.8. The highest BCUT2D eigenvalue weighted by molar-refractivity contribution is 6.74. The molecule has 1 aliphatic heterocycles. The summed E-state index contributed by atoms with van der Waals surface area (Å²) in [5, 5.41) is 0.167. The maximum absolute atomic E-state index is 12.2. The summed E-state index contributed by atoms with van der Waals surface area (Å²) in [7, 11) is -1.89. The molecular weight excluding hydrogens is 352 g/mol. The molecule has 3 rings (SSSR count). The predicted molar refractivity (Wildman–Crippen MR) is 113 cm³/mol. The average molecular weight is 389 g/mol. The first-order chi connectivity index (χ1) is 12.3. The molecule has 0 spiro atoms. The molecule has 1 saturated heterocycles. The van der Waals surface area contributed by atoms with Gasteiger partial charge in [-0.25, -0.2) is 0 Å². The summed E-state index contributed by atoms with van der Waals surface area (Å²) >= 11 is 0. The van der Waals surface area contributed by atoms with Crippen molar-refractivity contribution in [3.63, 3.8) is 0 Å². The molecule has 1 aromatic rings. The van der Waals surface area contributed by atoms with Gasteiger partial charge in [0.25, 0.3) is 0 Å². The van der Waals surface area contributed by atoms with Crippen LogP contribution >= 0.6 is 0 Å². The summed E-state index contributed by atoms with van der Waals surface area (Å²) < 4.78 is 12.4. The molecule has 2 atom stereocenters. The predicted octanol–water partition coefficient (Wildman–Crippen LogP) is 6.01. The van der Waals surface area contributed by atoms with Gasteiger partial charge in [-0.2, -0.15) is 0 Å². The normalized spacial score (nSPS) is 27.9. The van der Waals surface area contributed by atoms with Crippen LogP contribution in [0.4, 0.5) is 0 Å². The first-order valence-electron chi connectivity index (χ1n) is 10.3. The van der Waals surface area contributed by atoms with Crippen LogP contribution in [0.3, 0.4) is 0 Å². The van der Waals surface area contributed by atoms with Crippen LogP contribution in [0.15, 0.2) is 18.2 Å². The maximum atomic E-state index is 12.2. The molecule has 1 fully saturated rings. The zero-order valence-electron chi connectivity index (χ0n) is 18.4. The maximum Gasteiger partial charge on any atom is 0.306 e. The van der Waals surface area contributed by atoms with E-state index in [4.69, 9.17) is 9.16 Å². The Labute approximate surface area is 166 Å². The van der Waals surface area contributed by atoms with Gasteiger partial charge in [-0.1, -0.05) is 33.8 Å². The molecule has 3 nitrogen and oxygen atoms in total. The molecule has 0 saturated carbocycles. The van der Waals surface area contributed by atoms with Gasteiger partial charge in [0.05, 0.1) is 0 Å². The molecule has 4 heteroatoms. The molecule has 0 unspecified atom stereocenters. The molecule has 1 heterocycles. The quantitative estimate of drug-likeness (QED) is 0.460. The average Bonchev–Trinajstić information content (AvgIpc) is 2.60. The number of aryl methyl sites for hydroxylation is 1. The lowest BCUT2D eigenvalue weighted by molar-refractivity contribution is -0.160. The molecule has 0 radical (unpaired) electrons. The molecule has 0 aromatic heterocycles. The van der Waals surface area contributed by atoms with Crippen molar-refractivity contribution < 1.29 is 14.0 Å². The largest absolute Gasteiger partial charge is 0.543 e. The minimum atomic E-state index is -1.89. The number of benzene rings is 1. The van der Waals surface area contributed by atoms with Gasteiger partial charge in [-0.15, -0.1) is 0 Å². The van der Waals surface area contributed by atoms with E-state index in [1.807, 2.05) is 0 Å². The fraction of sp³-hybridized carbons (Fsp3) is 0.696. The number of ether oxygens (including phenoxy) is 1. The van der Waals surface area contributed by atoms with Crippen LogP contribution in [-0.4, -0.2) is 19.9 Å². The number of carbonyl (C=O) groups is 1. The third kappa shape index (κ3) is 3.57. The molecule has 2 aliphatic rings. The number of rotatable bonds is 2. The van der Waals surface area contributed by atoms with Crippen molar-refractivity contribution in [2.45, 2.75) is 96.4 Å². The van der Waals surface area contributed by atoms with E-state index in [1.165, 1.54) is 11.1 Å². The molecule has 0 amide bonds. The Morgan fingerprint density at radius 1 is 1.15 bits per heavy atom. The summed E-state index contributed by atoms with van der Waals surface area (Å²) in [4.78, 5) is 12.2. The summed E-state index contributed by atoms with van der Waals surface area (Å²) in [5.41, 5.74) is 2.27. The number of fused-ring (bicyclic) bond motifs is 3. The van der Waals surface area contributed by atoms with E-state index in [0.29, 0.717) is 12.3 Å². The van der Waals surface area contributed by atoms with Gasteiger partial charge in [0, 0.05) is 17.8 Å². The van der Waals surface area contributed by atoms with Crippen molar-refractivity contribution in [2.75, 3.05) is 0 Å². The number of hydrogen-bond donors (Lipinski definition) is 0. The van der Waals surface area contributed by atoms with Crippen molar-refractivity contribution in [1.29, 1.82) is 0 Å². The van der Waals surface area contributed by atoms with E-state index in [-0.39, 0.29) is 16.4 Å². The SMILES string of the molecule is CC1(C)OC(=O)CC[C@]2(C)c3cc(O[Si](C)(C)C(C)(C)C)ccc3CC[C@@H]12. The van der Waals surface area contributed by atoms with Crippen molar-refractivity contribution >= 4 is 14.3 Å². The van der Waals surface area contributed by atoms with Crippen molar-refractivity contribution in [3.05, 3.63) is 29.3 Å². The Morgan fingerprint density at radius 3 is 2.44 bits per heavy atom. The smallest absolute Gasteiger partial charge is 0.306 e. The van der Waals surface area contributed by atoms with Gasteiger partial charge in [-0.05, 0) is 74.5 Å². The zero-order chi connectivity index (χ0) is 20.3. The zero-order valence-corrected chi connectivity index (χ0v) is 19.4. The molecule has 150 valence electrons. The molecule has 27 heavy (non-hydrogen) atoms. The van der Waals surface area contributed by atoms with E-state index in [9.17, 15) is 4.79 Å². The summed E-state index contributed by atoms with van der Waals surface area (Å²) in [6.45, 7) is 17.9. The second-order valence-corrected chi connectivity index (χ2v) is 15.5. The second-order valence-electron chi connectivity index (χ2n) is 10.8. The van der Waals surface area contributed by atoms with Crippen LogP contribution in [0.1, 0.15) is 71.9 Å². The monoisotopic (exact) mass is 388 g/mol. The molecular formula is C23H36O3Si. The van der Waals surface area contributed by atoms with Gasteiger partial charge in [0.2, 0.25) is 8.32 Å². The van der Waals surface area contributed by atoms with E-state index in [1.54, 1.807) is 0 Å². The van der Waals surface area contributed by atoms with Crippen molar-refractivity contribution in [1.82, 2.24) is 0 Å². The first kappa shape index (κ1) is 20.4. The van der Waals surface area contributed by atoms with Gasteiger partial charge in [-0.3, -0.25) is 4.79 Å².